The zero-order valence-electron chi connectivity index (χ0n) is 12.5. The highest BCUT2D eigenvalue weighted by atomic mass is 19.1. The molecule has 0 saturated carbocycles. The normalized spacial score (nSPS) is 14.8. The van der Waals surface area contributed by atoms with E-state index in [1.807, 2.05) is 30.3 Å². The fourth-order valence-corrected chi connectivity index (χ4v) is 2.54. The first kappa shape index (κ1) is 15.6. The van der Waals surface area contributed by atoms with Crippen LogP contribution in [-0.2, 0) is 11.2 Å². The lowest BCUT2D eigenvalue weighted by Gasteiger charge is -2.27. The minimum Gasteiger partial charge on any atom is -0.378 e. The minimum atomic E-state index is -1.07. The number of pyridine rings is 1. The van der Waals surface area contributed by atoms with E-state index in [4.69, 9.17) is 4.74 Å². The van der Waals surface area contributed by atoms with Gasteiger partial charge in [-0.05, 0) is 11.6 Å². The molecule has 1 aromatic carbocycles. The van der Waals surface area contributed by atoms with Gasteiger partial charge in [-0.25, -0.2) is 0 Å². The summed E-state index contributed by atoms with van der Waals surface area (Å²) in [5.74, 6) is -2.44. The summed E-state index contributed by atoms with van der Waals surface area (Å²) in [5.41, 5.74) is 0.873. The van der Waals surface area contributed by atoms with E-state index in [9.17, 15) is 13.6 Å². The summed E-state index contributed by atoms with van der Waals surface area (Å²) in [7, 11) is 0. The van der Waals surface area contributed by atoms with Gasteiger partial charge in [0.2, 0.25) is 11.9 Å². The molecule has 0 radical (unpaired) electrons. The van der Waals surface area contributed by atoms with Crippen LogP contribution in [0.4, 0.5) is 8.78 Å². The van der Waals surface area contributed by atoms with Crippen LogP contribution in [0, 0.1) is 11.9 Å². The highest BCUT2D eigenvalue weighted by Crippen LogP contribution is 2.18. The van der Waals surface area contributed by atoms with E-state index in [1.54, 1.807) is 0 Å². The van der Waals surface area contributed by atoms with Gasteiger partial charge in [-0.1, -0.05) is 30.3 Å². The van der Waals surface area contributed by atoms with Crippen LogP contribution in [-0.4, -0.2) is 42.1 Å². The van der Waals surface area contributed by atoms with Gasteiger partial charge in [0.05, 0.1) is 18.8 Å². The van der Waals surface area contributed by atoms with Gasteiger partial charge in [0, 0.05) is 25.1 Å². The fourth-order valence-electron chi connectivity index (χ4n) is 2.54. The predicted molar refractivity (Wildman–Crippen MR) is 80.1 cm³/mol. The van der Waals surface area contributed by atoms with E-state index < -0.39 is 17.8 Å². The quantitative estimate of drug-likeness (QED) is 0.816. The lowest BCUT2D eigenvalue weighted by Crippen LogP contribution is -2.41. The number of benzene rings is 1. The van der Waals surface area contributed by atoms with Gasteiger partial charge in [0.25, 0.3) is 5.91 Å². The zero-order chi connectivity index (χ0) is 16.2. The van der Waals surface area contributed by atoms with Crippen LogP contribution in [0.15, 0.2) is 36.4 Å². The van der Waals surface area contributed by atoms with Crippen LogP contribution in [0.25, 0.3) is 0 Å². The molecule has 1 aromatic heterocycles. The molecule has 6 heteroatoms. The third-order valence-electron chi connectivity index (χ3n) is 3.77. The van der Waals surface area contributed by atoms with Crippen LogP contribution in [0.2, 0.25) is 0 Å². The van der Waals surface area contributed by atoms with Crippen LogP contribution in [0.5, 0.6) is 0 Å². The predicted octanol–water partition coefficient (Wildman–Crippen LogP) is 2.42. The molecule has 0 spiro atoms. The average Bonchev–Trinajstić information content (AvgIpc) is 2.58. The summed E-state index contributed by atoms with van der Waals surface area (Å²) in [5, 5.41) is 0. The molecule has 2 aromatic rings. The van der Waals surface area contributed by atoms with Crippen molar-refractivity contribution in [3.05, 3.63) is 65.0 Å². The number of ether oxygens (including phenoxy) is 1. The first-order chi connectivity index (χ1) is 11.1. The van der Waals surface area contributed by atoms with E-state index in [2.05, 4.69) is 4.98 Å². The molecule has 1 aliphatic rings. The van der Waals surface area contributed by atoms with Crippen LogP contribution in [0.3, 0.4) is 0 Å². The van der Waals surface area contributed by atoms with Crippen molar-refractivity contribution in [3.8, 4) is 0 Å². The molecular formula is C17H16F2N2O2. The van der Waals surface area contributed by atoms with Crippen LogP contribution >= 0.6 is 0 Å². The van der Waals surface area contributed by atoms with Gasteiger partial charge in [-0.3, -0.25) is 4.79 Å². The van der Waals surface area contributed by atoms with Crippen LogP contribution < -0.4 is 0 Å². The second kappa shape index (κ2) is 6.83. The molecule has 1 aliphatic heterocycles. The van der Waals surface area contributed by atoms with Crippen molar-refractivity contribution in [3.63, 3.8) is 0 Å². The summed E-state index contributed by atoms with van der Waals surface area (Å²) in [6, 6.07) is 10.5. The van der Waals surface area contributed by atoms with E-state index in [1.165, 1.54) is 11.0 Å². The van der Waals surface area contributed by atoms with Gasteiger partial charge < -0.3 is 9.64 Å². The number of rotatable bonds is 3. The number of amides is 1. The molecule has 2 heterocycles. The highest BCUT2D eigenvalue weighted by molar-refractivity contribution is 5.94. The molecule has 1 saturated heterocycles. The number of aromatic nitrogens is 1. The van der Waals surface area contributed by atoms with E-state index in [0.717, 1.165) is 5.56 Å². The number of hydrogen-bond donors (Lipinski definition) is 0. The Morgan fingerprint density at radius 1 is 1.13 bits per heavy atom. The second-order valence-electron chi connectivity index (χ2n) is 5.34. The molecule has 0 unspecified atom stereocenters. The Morgan fingerprint density at radius 3 is 2.52 bits per heavy atom. The molecule has 3 rings (SSSR count). The molecular weight excluding hydrogens is 302 g/mol. The van der Waals surface area contributed by atoms with Gasteiger partial charge >= 0.3 is 0 Å². The molecule has 1 amide bonds. The monoisotopic (exact) mass is 318 g/mol. The largest absolute Gasteiger partial charge is 0.378 e. The van der Waals surface area contributed by atoms with Crippen molar-refractivity contribution in [1.82, 2.24) is 9.88 Å². The molecule has 0 N–H and O–H groups in total. The van der Waals surface area contributed by atoms with Gasteiger partial charge in [0.15, 0.2) is 0 Å². The molecule has 0 bridgehead atoms. The number of nitrogens with zero attached hydrogens (tertiary/aromatic N) is 2. The standard InChI is InChI=1S/C17H16F2N2O2/c18-15-13(10-12-4-2-1-3-5-12)11-14(16(19)20-15)17(22)21-6-8-23-9-7-21/h1-5,11H,6-10H2. The van der Waals surface area contributed by atoms with E-state index >= 15 is 0 Å². The summed E-state index contributed by atoms with van der Waals surface area (Å²) >= 11 is 0. The summed E-state index contributed by atoms with van der Waals surface area (Å²) < 4.78 is 33.0. The average molecular weight is 318 g/mol. The maximum Gasteiger partial charge on any atom is 0.258 e. The maximum absolute atomic E-state index is 13.9. The summed E-state index contributed by atoms with van der Waals surface area (Å²) in [6.07, 6.45) is 0.253. The van der Waals surface area contributed by atoms with Crippen molar-refractivity contribution in [2.75, 3.05) is 26.3 Å². The Balaban J connectivity index is 1.88. The summed E-state index contributed by atoms with van der Waals surface area (Å²) in [4.78, 5) is 17.2. The van der Waals surface area contributed by atoms with Crippen molar-refractivity contribution >= 4 is 5.91 Å². The Hall–Kier alpha value is -2.34. The lowest BCUT2D eigenvalue weighted by atomic mass is 10.0. The maximum atomic E-state index is 13.9. The van der Waals surface area contributed by atoms with Crippen molar-refractivity contribution in [1.29, 1.82) is 0 Å². The smallest absolute Gasteiger partial charge is 0.258 e. The second-order valence-corrected chi connectivity index (χ2v) is 5.34. The number of halogens is 2. The zero-order valence-corrected chi connectivity index (χ0v) is 12.5. The molecule has 1 fully saturated rings. The number of hydrogen-bond acceptors (Lipinski definition) is 3. The van der Waals surface area contributed by atoms with Crippen LogP contribution in [0.1, 0.15) is 21.5 Å². The van der Waals surface area contributed by atoms with Crippen molar-refractivity contribution in [2.24, 2.45) is 0 Å². The molecule has 4 nitrogen and oxygen atoms in total. The molecule has 23 heavy (non-hydrogen) atoms. The van der Waals surface area contributed by atoms with Crippen molar-refractivity contribution in [2.45, 2.75) is 6.42 Å². The van der Waals surface area contributed by atoms with E-state index in [0.29, 0.717) is 26.3 Å². The number of morpholine rings is 1. The van der Waals surface area contributed by atoms with Crippen molar-refractivity contribution < 1.29 is 18.3 Å². The minimum absolute atomic E-state index is 0.195. The number of carbonyl (C=O) groups excluding carboxylic acids is 1. The molecule has 0 aliphatic carbocycles. The first-order valence-electron chi connectivity index (χ1n) is 7.41. The fraction of sp³-hybridized carbons (Fsp3) is 0.294. The summed E-state index contributed by atoms with van der Waals surface area (Å²) in [6.45, 7) is 1.62. The molecule has 0 atom stereocenters. The van der Waals surface area contributed by atoms with Gasteiger partial charge in [-0.15, -0.1) is 0 Å². The molecule has 120 valence electrons. The first-order valence-corrected chi connectivity index (χ1v) is 7.41. The Bertz CT molecular complexity index is 701. The topological polar surface area (TPSA) is 42.4 Å². The van der Waals surface area contributed by atoms with Gasteiger partial charge in [-0.2, -0.15) is 13.8 Å². The SMILES string of the molecule is O=C(c1cc(Cc2ccccc2)c(F)nc1F)N1CCOCC1. The van der Waals surface area contributed by atoms with Gasteiger partial charge in [0.1, 0.15) is 0 Å². The lowest BCUT2D eigenvalue weighted by molar-refractivity contribution is 0.0299. The third-order valence-corrected chi connectivity index (χ3v) is 3.77. The van der Waals surface area contributed by atoms with E-state index in [-0.39, 0.29) is 17.5 Å². The third kappa shape index (κ3) is 3.53. The number of carbonyl (C=O) groups is 1. The Morgan fingerprint density at radius 2 is 1.83 bits per heavy atom. The highest BCUT2D eigenvalue weighted by Gasteiger charge is 2.24. The Labute approximate surface area is 132 Å². The Kier molecular flexibility index (Phi) is 4.62.